The van der Waals surface area contributed by atoms with E-state index >= 15 is 0 Å². The van der Waals surface area contributed by atoms with Gasteiger partial charge in [-0.2, -0.15) is 0 Å². The Bertz CT molecular complexity index is 428. The molecular formula is C11H17N3OS2. The van der Waals surface area contributed by atoms with Crippen LogP contribution < -0.4 is 11.1 Å². The van der Waals surface area contributed by atoms with Gasteiger partial charge in [-0.3, -0.25) is 4.79 Å². The van der Waals surface area contributed by atoms with Crippen molar-refractivity contribution in [3.05, 3.63) is 15.6 Å². The third-order valence-electron chi connectivity index (χ3n) is 2.39. The van der Waals surface area contributed by atoms with Gasteiger partial charge in [0, 0.05) is 12.5 Å². The quantitative estimate of drug-likeness (QED) is 0.803. The summed E-state index contributed by atoms with van der Waals surface area (Å²) in [4.78, 5) is 17.3. The molecule has 0 aliphatic heterocycles. The van der Waals surface area contributed by atoms with Crippen molar-refractivity contribution in [3.63, 3.8) is 0 Å². The molecule has 6 heteroatoms. The van der Waals surface area contributed by atoms with Gasteiger partial charge in [0.15, 0.2) is 0 Å². The van der Waals surface area contributed by atoms with Gasteiger partial charge in [0.25, 0.3) is 5.91 Å². The van der Waals surface area contributed by atoms with Crippen molar-refractivity contribution in [1.82, 2.24) is 10.3 Å². The molecule has 1 atom stereocenters. The third kappa shape index (κ3) is 4.05. The molecule has 0 saturated carbocycles. The zero-order valence-corrected chi connectivity index (χ0v) is 11.9. The molecule has 17 heavy (non-hydrogen) atoms. The van der Waals surface area contributed by atoms with Gasteiger partial charge in [-0.15, -0.1) is 11.3 Å². The smallest absolute Gasteiger partial charge is 0.263 e. The number of rotatable bonds is 5. The molecule has 1 amide bonds. The van der Waals surface area contributed by atoms with E-state index in [9.17, 15) is 4.79 Å². The first-order valence-electron chi connectivity index (χ1n) is 5.47. The minimum atomic E-state index is -0.0869. The summed E-state index contributed by atoms with van der Waals surface area (Å²) in [6.07, 6.45) is 1.34. The molecule has 1 aromatic rings. The summed E-state index contributed by atoms with van der Waals surface area (Å²) < 4.78 is 0. The largest absolute Gasteiger partial charge is 0.393 e. The molecule has 0 spiro atoms. The molecule has 0 fully saturated rings. The van der Waals surface area contributed by atoms with Crippen LogP contribution in [0.1, 0.15) is 40.1 Å². The van der Waals surface area contributed by atoms with E-state index in [4.69, 9.17) is 18.0 Å². The summed E-state index contributed by atoms with van der Waals surface area (Å²) in [6, 6.07) is 0.00167. The van der Waals surface area contributed by atoms with Crippen LogP contribution in [0.4, 0.5) is 0 Å². The number of aromatic nitrogens is 1. The summed E-state index contributed by atoms with van der Waals surface area (Å²) in [5, 5.41) is 3.83. The molecular weight excluding hydrogens is 254 g/mol. The van der Waals surface area contributed by atoms with Crippen LogP contribution in [0.5, 0.6) is 0 Å². The molecule has 1 unspecified atom stereocenters. The monoisotopic (exact) mass is 271 g/mol. The molecule has 0 bridgehead atoms. The number of nitrogens with zero attached hydrogens (tertiary/aromatic N) is 1. The Morgan fingerprint density at radius 1 is 1.59 bits per heavy atom. The van der Waals surface area contributed by atoms with Crippen molar-refractivity contribution in [3.8, 4) is 0 Å². The van der Waals surface area contributed by atoms with Gasteiger partial charge in [0.2, 0.25) is 0 Å². The third-order valence-corrected chi connectivity index (χ3v) is 3.62. The van der Waals surface area contributed by atoms with E-state index in [0.717, 1.165) is 17.1 Å². The Kier molecular flexibility index (Phi) is 5.02. The molecule has 94 valence electrons. The number of hydrogen-bond donors (Lipinski definition) is 2. The van der Waals surface area contributed by atoms with E-state index in [2.05, 4.69) is 10.3 Å². The van der Waals surface area contributed by atoms with Gasteiger partial charge in [0.05, 0.1) is 15.7 Å². The zero-order valence-electron chi connectivity index (χ0n) is 10.2. The van der Waals surface area contributed by atoms with Crippen LogP contribution in [0.3, 0.4) is 0 Å². The molecule has 4 nitrogen and oxygen atoms in total. The van der Waals surface area contributed by atoms with Gasteiger partial charge in [0.1, 0.15) is 4.88 Å². The molecule has 0 aliphatic carbocycles. The van der Waals surface area contributed by atoms with Crippen LogP contribution in [0, 0.1) is 13.8 Å². The van der Waals surface area contributed by atoms with Crippen LogP contribution in [0.2, 0.25) is 0 Å². The van der Waals surface area contributed by atoms with E-state index < -0.39 is 0 Å². The molecule has 1 rings (SSSR count). The number of thiocarbonyl (C=S) groups is 1. The first kappa shape index (κ1) is 14.1. The topological polar surface area (TPSA) is 68.0 Å². The number of carbonyl (C=O) groups excluding carboxylic acids is 1. The average Bonchev–Trinajstić information content (AvgIpc) is 2.56. The standard InChI is InChI=1S/C11H17N3OS2/c1-4-8(5-9(12)16)14-11(15)10-6(2)13-7(3)17-10/h8H,4-5H2,1-3H3,(H2,12,16)(H,14,15). The highest BCUT2D eigenvalue weighted by molar-refractivity contribution is 7.80. The first-order valence-corrected chi connectivity index (χ1v) is 6.69. The van der Waals surface area contributed by atoms with Crippen molar-refractivity contribution < 1.29 is 4.79 Å². The lowest BCUT2D eigenvalue weighted by molar-refractivity contribution is 0.0940. The molecule has 0 saturated heterocycles. The molecule has 1 aromatic heterocycles. The fourth-order valence-corrected chi connectivity index (χ4v) is 2.56. The predicted octanol–water partition coefficient (Wildman–Crippen LogP) is 1.94. The predicted molar refractivity (Wildman–Crippen MR) is 74.5 cm³/mol. The number of aryl methyl sites for hydroxylation is 2. The van der Waals surface area contributed by atoms with Gasteiger partial charge in [-0.25, -0.2) is 4.98 Å². The van der Waals surface area contributed by atoms with Crippen LogP contribution in [0.15, 0.2) is 0 Å². The van der Waals surface area contributed by atoms with E-state index in [-0.39, 0.29) is 11.9 Å². The Hall–Kier alpha value is -1.01. The number of nitrogens with two attached hydrogens (primary N) is 1. The lowest BCUT2D eigenvalue weighted by atomic mass is 10.1. The summed E-state index contributed by atoms with van der Waals surface area (Å²) >= 11 is 6.26. The van der Waals surface area contributed by atoms with Crippen LogP contribution >= 0.6 is 23.6 Å². The lowest BCUT2D eigenvalue weighted by Gasteiger charge is -2.15. The summed E-state index contributed by atoms with van der Waals surface area (Å²) in [5.74, 6) is -0.0869. The fourth-order valence-electron chi connectivity index (χ4n) is 1.53. The van der Waals surface area contributed by atoms with Gasteiger partial charge >= 0.3 is 0 Å². The maximum absolute atomic E-state index is 12.0. The first-order chi connectivity index (χ1) is 7.93. The molecule has 0 aliphatic rings. The fraction of sp³-hybridized carbons (Fsp3) is 0.545. The van der Waals surface area contributed by atoms with Gasteiger partial charge < -0.3 is 11.1 Å². The van der Waals surface area contributed by atoms with Crippen LogP contribution in [-0.4, -0.2) is 21.9 Å². The Balaban J connectivity index is 2.70. The maximum Gasteiger partial charge on any atom is 0.263 e. The SMILES string of the molecule is CCC(CC(N)=S)NC(=O)c1sc(C)nc1C. The normalized spacial score (nSPS) is 12.2. The van der Waals surface area contributed by atoms with Crippen LogP contribution in [-0.2, 0) is 0 Å². The van der Waals surface area contributed by atoms with Crippen molar-refractivity contribution in [2.75, 3.05) is 0 Å². The highest BCUT2D eigenvalue weighted by Gasteiger charge is 2.17. The summed E-state index contributed by atoms with van der Waals surface area (Å²) in [5.41, 5.74) is 6.26. The van der Waals surface area contributed by atoms with E-state index in [0.29, 0.717) is 16.3 Å². The highest BCUT2D eigenvalue weighted by atomic mass is 32.1. The van der Waals surface area contributed by atoms with Gasteiger partial charge in [-0.1, -0.05) is 19.1 Å². The van der Waals surface area contributed by atoms with E-state index in [1.807, 2.05) is 20.8 Å². The number of nitrogens with one attached hydrogen (secondary N) is 1. The molecule has 0 aromatic carbocycles. The number of thiazole rings is 1. The van der Waals surface area contributed by atoms with E-state index in [1.54, 1.807) is 0 Å². The summed E-state index contributed by atoms with van der Waals surface area (Å²) in [6.45, 7) is 5.72. The number of hydrogen-bond acceptors (Lipinski definition) is 4. The molecule has 3 N–H and O–H groups in total. The number of amides is 1. The molecule has 0 radical (unpaired) electrons. The summed E-state index contributed by atoms with van der Waals surface area (Å²) in [7, 11) is 0. The highest BCUT2D eigenvalue weighted by Crippen LogP contribution is 2.17. The Labute approximate surface area is 111 Å². The second-order valence-electron chi connectivity index (χ2n) is 3.90. The minimum Gasteiger partial charge on any atom is -0.393 e. The average molecular weight is 271 g/mol. The van der Waals surface area contributed by atoms with Crippen molar-refractivity contribution in [2.24, 2.45) is 5.73 Å². The maximum atomic E-state index is 12.0. The lowest BCUT2D eigenvalue weighted by Crippen LogP contribution is -2.36. The van der Waals surface area contributed by atoms with Gasteiger partial charge in [-0.05, 0) is 20.3 Å². The minimum absolute atomic E-state index is 0.00167. The Morgan fingerprint density at radius 3 is 2.65 bits per heavy atom. The second kappa shape index (κ2) is 6.07. The second-order valence-corrected chi connectivity index (χ2v) is 5.62. The Morgan fingerprint density at radius 2 is 2.24 bits per heavy atom. The van der Waals surface area contributed by atoms with Crippen LogP contribution in [0.25, 0.3) is 0 Å². The zero-order chi connectivity index (χ0) is 13.0. The van der Waals surface area contributed by atoms with Crippen molar-refractivity contribution in [1.29, 1.82) is 0 Å². The van der Waals surface area contributed by atoms with Crippen molar-refractivity contribution >= 4 is 34.5 Å². The van der Waals surface area contributed by atoms with Crippen molar-refractivity contribution in [2.45, 2.75) is 39.7 Å². The van der Waals surface area contributed by atoms with E-state index in [1.165, 1.54) is 11.3 Å². The molecule has 1 heterocycles. The number of carbonyl (C=O) groups is 1.